The highest BCUT2D eigenvalue weighted by molar-refractivity contribution is 6.59. The molecular weight excluding hydrogens is 570 g/mol. The van der Waals surface area contributed by atoms with Gasteiger partial charge in [-0.05, 0) is 60.9 Å². The number of hydrogen-bond acceptors (Lipinski definition) is 5. The predicted molar refractivity (Wildman–Crippen MR) is 165 cm³/mol. The predicted octanol–water partition coefficient (Wildman–Crippen LogP) is 5.07. The summed E-state index contributed by atoms with van der Waals surface area (Å²) in [6, 6.07) is 17.7. The molecule has 2 aliphatic rings. The number of rotatable bonds is 15. The van der Waals surface area contributed by atoms with E-state index in [1.165, 1.54) is 12.0 Å². The third-order valence-electron chi connectivity index (χ3n) is 8.25. The summed E-state index contributed by atoms with van der Waals surface area (Å²) in [4.78, 5) is 41.7. The zero-order chi connectivity index (χ0) is 29.8. The average molecular weight is 613 g/mol. The number of aliphatic hydroxyl groups is 1. The van der Waals surface area contributed by atoms with Crippen LogP contribution in [-0.2, 0) is 27.4 Å². The maximum Gasteiger partial charge on any atom is 0.407 e. The van der Waals surface area contributed by atoms with E-state index in [9.17, 15) is 19.5 Å². The summed E-state index contributed by atoms with van der Waals surface area (Å²) in [5.74, 6) is -0.236. The van der Waals surface area contributed by atoms with E-state index in [0.29, 0.717) is 23.4 Å². The van der Waals surface area contributed by atoms with Crippen molar-refractivity contribution in [3.8, 4) is 0 Å². The van der Waals surface area contributed by atoms with E-state index in [-0.39, 0.29) is 43.2 Å². The molecule has 0 heterocycles. The first-order valence-corrected chi connectivity index (χ1v) is 17.4. The first kappa shape index (κ1) is 32.0. The van der Waals surface area contributed by atoms with Crippen LogP contribution < -0.4 is 15.6 Å². The molecule has 227 valence electrons. The van der Waals surface area contributed by atoms with Gasteiger partial charge in [-0.2, -0.15) is 0 Å². The first-order chi connectivity index (χ1) is 20.3. The lowest BCUT2D eigenvalue weighted by atomic mass is 9.82. The Labute approximate surface area is 255 Å². The second kappa shape index (κ2) is 16.1. The van der Waals surface area contributed by atoms with Gasteiger partial charge in [-0.25, -0.2) is 4.79 Å². The molecular formula is C32H43ClN3O5Si. The maximum atomic E-state index is 13.4. The molecule has 4 N–H and O–H groups in total. The minimum atomic E-state index is -1.70. The fraction of sp³-hybridized carbons (Fsp3) is 0.531. The van der Waals surface area contributed by atoms with Crippen molar-refractivity contribution in [1.82, 2.24) is 15.6 Å². The topological polar surface area (TPSA) is 117 Å². The summed E-state index contributed by atoms with van der Waals surface area (Å²) >= 11 is 6.01. The highest BCUT2D eigenvalue weighted by Gasteiger charge is 2.43. The van der Waals surface area contributed by atoms with Crippen molar-refractivity contribution >= 4 is 38.5 Å². The quantitative estimate of drug-likeness (QED) is 0.210. The van der Waals surface area contributed by atoms with Gasteiger partial charge in [0, 0.05) is 23.5 Å². The minimum Gasteiger partial charge on any atom is -0.445 e. The van der Waals surface area contributed by atoms with Crippen LogP contribution in [0.1, 0.15) is 68.9 Å². The molecule has 1 atom stereocenters. The van der Waals surface area contributed by atoms with Gasteiger partial charge < -0.3 is 25.5 Å². The van der Waals surface area contributed by atoms with Gasteiger partial charge >= 0.3 is 6.09 Å². The van der Waals surface area contributed by atoms with Crippen molar-refractivity contribution in [1.29, 1.82) is 0 Å². The van der Waals surface area contributed by atoms with Crippen molar-refractivity contribution in [3.05, 3.63) is 70.7 Å². The van der Waals surface area contributed by atoms with E-state index < -0.39 is 21.0 Å². The summed E-state index contributed by atoms with van der Waals surface area (Å²) in [5.41, 5.74) is 1.81. The van der Waals surface area contributed by atoms with Crippen LogP contribution in [0.4, 0.5) is 4.79 Å². The molecule has 10 heteroatoms. The zero-order valence-corrected chi connectivity index (χ0v) is 26.0. The van der Waals surface area contributed by atoms with Crippen molar-refractivity contribution in [2.75, 3.05) is 12.8 Å². The van der Waals surface area contributed by atoms with Crippen LogP contribution in [0.15, 0.2) is 54.6 Å². The standard InChI is InChI=1S/C32H43ClN3O5Si/c33-28-13-7-12-26(19-28)22-41-31(40)34-21-27(18-24-8-3-1-4-9-24)30(39)36-42(23-37)17-14-29(38)35-32(15-16-32)20-25-10-5-2-6-11-25/h2,5-7,10-13,19,24,27,37H,1,3-4,8-9,14-18,20-23H2,(H,34,40)(H,35,38)(H,36,39)/t27-/m1/s1. The summed E-state index contributed by atoms with van der Waals surface area (Å²) in [7, 11) is -1.70. The Kier molecular flexibility index (Phi) is 12.3. The van der Waals surface area contributed by atoms with Gasteiger partial charge in [-0.1, -0.05) is 86.2 Å². The number of amides is 3. The normalized spacial score (nSPS) is 16.8. The highest BCUT2D eigenvalue weighted by Crippen LogP contribution is 2.38. The van der Waals surface area contributed by atoms with Crippen LogP contribution >= 0.6 is 11.6 Å². The number of hydrogen-bond donors (Lipinski definition) is 4. The van der Waals surface area contributed by atoms with E-state index >= 15 is 0 Å². The van der Waals surface area contributed by atoms with Gasteiger partial charge in [0.15, 0.2) is 8.96 Å². The summed E-state index contributed by atoms with van der Waals surface area (Å²) in [5, 5.41) is 16.6. The number of halogens is 1. The lowest BCUT2D eigenvalue weighted by molar-refractivity contribution is -0.124. The fourth-order valence-corrected chi connectivity index (χ4v) is 7.36. The molecule has 2 aromatic rings. The van der Waals surface area contributed by atoms with E-state index in [4.69, 9.17) is 16.3 Å². The van der Waals surface area contributed by atoms with Crippen LogP contribution in [-0.4, -0.2) is 50.3 Å². The number of aliphatic hydroxyl groups excluding tert-OH is 1. The molecule has 0 aliphatic heterocycles. The molecule has 2 saturated carbocycles. The Morgan fingerprint density at radius 1 is 1.02 bits per heavy atom. The minimum absolute atomic E-state index is 0.0449. The van der Waals surface area contributed by atoms with Crippen LogP contribution in [0.5, 0.6) is 0 Å². The molecule has 0 bridgehead atoms. The molecule has 3 amide bonds. The zero-order valence-electron chi connectivity index (χ0n) is 24.2. The Morgan fingerprint density at radius 2 is 1.76 bits per heavy atom. The van der Waals surface area contributed by atoms with Gasteiger partial charge in [0.25, 0.3) is 0 Å². The molecule has 4 rings (SSSR count). The Hall–Kier alpha value is -2.88. The monoisotopic (exact) mass is 612 g/mol. The fourth-order valence-electron chi connectivity index (χ4n) is 5.70. The number of carbonyl (C=O) groups is 3. The third kappa shape index (κ3) is 10.7. The van der Waals surface area contributed by atoms with Crippen LogP contribution in [0.2, 0.25) is 11.1 Å². The lowest BCUT2D eigenvalue weighted by Gasteiger charge is -2.27. The number of benzene rings is 2. The Balaban J connectivity index is 1.25. The van der Waals surface area contributed by atoms with Crippen LogP contribution in [0, 0.1) is 11.8 Å². The van der Waals surface area contributed by atoms with Crippen molar-refractivity contribution in [2.45, 2.75) is 82.4 Å². The van der Waals surface area contributed by atoms with Crippen molar-refractivity contribution in [2.24, 2.45) is 11.8 Å². The number of ether oxygens (including phenoxy) is 1. The first-order valence-electron chi connectivity index (χ1n) is 15.1. The smallest absolute Gasteiger partial charge is 0.407 e. The Morgan fingerprint density at radius 3 is 2.45 bits per heavy atom. The Bertz CT molecular complexity index is 1170. The van der Waals surface area contributed by atoms with E-state index in [1.54, 1.807) is 18.2 Å². The third-order valence-corrected chi connectivity index (χ3v) is 10.3. The SMILES string of the molecule is O=C(CC[Si](CO)NC(=O)[C@@H](CNC(=O)OCc1cccc(Cl)c1)CC1CCCCC1)NC1(Cc2ccccc2)CC1. The van der Waals surface area contributed by atoms with E-state index in [0.717, 1.165) is 50.5 Å². The van der Waals surface area contributed by atoms with Crippen LogP contribution in [0.3, 0.4) is 0 Å². The molecule has 2 fully saturated rings. The summed E-state index contributed by atoms with van der Waals surface area (Å²) in [6.45, 7) is 0.234. The largest absolute Gasteiger partial charge is 0.445 e. The molecule has 0 saturated heterocycles. The number of nitrogens with one attached hydrogen (secondary N) is 3. The molecule has 2 aliphatic carbocycles. The van der Waals surface area contributed by atoms with Crippen molar-refractivity contribution in [3.63, 3.8) is 0 Å². The molecule has 2 aromatic carbocycles. The average Bonchev–Trinajstić information content (AvgIpc) is 3.75. The molecule has 8 nitrogen and oxygen atoms in total. The van der Waals surface area contributed by atoms with Gasteiger partial charge in [0.1, 0.15) is 6.61 Å². The highest BCUT2D eigenvalue weighted by atomic mass is 35.5. The summed E-state index contributed by atoms with van der Waals surface area (Å²) in [6.07, 6.45) is 8.57. The number of alkyl carbamates (subject to hydrolysis) is 1. The molecule has 0 spiro atoms. The van der Waals surface area contributed by atoms with Gasteiger partial charge in [0.2, 0.25) is 11.8 Å². The molecule has 1 radical (unpaired) electrons. The number of carbonyl (C=O) groups excluding carboxylic acids is 3. The second-order valence-corrected chi connectivity index (χ2v) is 14.5. The molecule has 0 aromatic heterocycles. The van der Waals surface area contributed by atoms with Gasteiger partial charge in [-0.15, -0.1) is 0 Å². The van der Waals surface area contributed by atoms with E-state index in [1.807, 2.05) is 24.3 Å². The van der Waals surface area contributed by atoms with Crippen LogP contribution in [0.25, 0.3) is 0 Å². The molecule has 42 heavy (non-hydrogen) atoms. The lowest BCUT2D eigenvalue weighted by Crippen LogP contribution is -2.48. The van der Waals surface area contributed by atoms with E-state index in [2.05, 4.69) is 27.7 Å². The summed E-state index contributed by atoms with van der Waals surface area (Å²) < 4.78 is 5.33. The van der Waals surface area contributed by atoms with Gasteiger partial charge in [0.05, 0.1) is 12.1 Å². The second-order valence-electron chi connectivity index (χ2n) is 11.8. The maximum absolute atomic E-state index is 13.4. The molecule has 0 unspecified atom stereocenters. The van der Waals surface area contributed by atoms with Gasteiger partial charge in [-0.3, -0.25) is 9.59 Å². The van der Waals surface area contributed by atoms with Crippen molar-refractivity contribution < 1.29 is 24.2 Å².